The molecule has 0 aromatic heterocycles. The highest BCUT2D eigenvalue weighted by atomic mass is 19.3. The number of rotatable bonds is 7. The Hall–Kier alpha value is -2.18. The van der Waals surface area contributed by atoms with Crippen LogP contribution >= 0.6 is 0 Å². The highest BCUT2D eigenvalue weighted by molar-refractivity contribution is 6.18. The third kappa shape index (κ3) is 2.72. The van der Waals surface area contributed by atoms with E-state index in [9.17, 15) is 18.4 Å². The molecule has 0 fully saturated rings. The van der Waals surface area contributed by atoms with Crippen LogP contribution in [0.2, 0.25) is 0 Å². The van der Waals surface area contributed by atoms with Crippen molar-refractivity contribution in [1.29, 1.82) is 0 Å². The number of halogens is 2. The van der Waals surface area contributed by atoms with Gasteiger partial charge in [-0.05, 0) is 18.1 Å². The van der Waals surface area contributed by atoms with Crippen molar-refractivity contribution in [3.63, 3.8) is 0 Å². The Kier molecular flexibility index (Phi) is 5.41. The molecule has 1 atom stereocenters. The van der Waals surface area contributed by atoms with Crippen molar-refractivity contribution >= 4 is 11.8 Å². The Labute approximate surface area is 138 Å². The summed E-state index contributed by atoms with van der Waals surface area (Å²) in [5.74, 6) is -1.86. The Balaban J connectivity index is 2.46. The fraction of sp³-hybridized carbons (Fsp3) is 0.529. The van der Waals surface area contributed by atoms with Crippen LogP contribution in [0.5, 0.6) is 11.5 Å². The summed E-state index contributed by atoms with van der Waals surface area (Å²) < 4.78 is 42.8. The number of ether oxygens (including phenoxy) is 3. The summed E-state index contributed by atoms with van der Waals surface area (Å²) in [6.45, 7) is 1.89. The van der Waals surface area contributed by atoms with Crippen LogP contribution in [0.1, 0.15) is 35.7 Å². The van der Waals surface area contributed by atoms with E-state index in [-0.39, 0.29) is 23.7 Å². The molecule has 0 amide bonds. The fourth-order valence-electron chi connectivity index (χ4n) is 2.84. The molecule has 1 unspecified atom stereocenters. The number of carbonyl (C=O) groups excluding carboxylic acids is 2. The van der Waals surface area contributed by atoms with Crippen LogP contribution in [0.15, 0.2) is 12.1 Å². The van der Waals surface area contributed by atoms with Crippen molar-refractivity contribution in [1.82, 2.24) is 0 Å². The standard InChI is InChI=1S/C17H20F2O5/c1-4-5-8-24-16(21)17(15(18)19)9-10-6-7-11(22-2)13(23-3)12(10)14(17)20/h6-7,15H,4-5,8-9H2,1-3H3. The van der Waals surface area contributed by atoms with E-state index < -0.39 is 30.0 Å². The van der Waals surface area contributed by atoms with Crippen molar-refractivity contribution in [3.05, 3.63) is 23.3 Å². The van der Waals surface area contributed by atoms with Gasteiger partial charge in [0.05, 0.1) is 26.4 Å². The lowest BCUT2D eigenvalue weighted by atomic mass is 9.84. The Bertz CT molecular complexity index is 644. The van der Waals surface area contributed by atoms with Gasteiger partial charge in [0.15, 0.2) is 22.7 Å². The molecule has 0 saturated carbocycles. The molecule has 0 saturated heterocycles. The molecule has 1 aliphatic rings. The lowest BCUT2D eigenvalue weighted by Gasteiger charge is -2.24. The molecule has 0 heterocycles. The van der Waals surface area contributed by atoms with Gasteiger partial charge in [-0.15, -0.1) is 0 Å². The average molecular weight is 342 g/mol. The first-order valence-corrected chi connectivity index (χ1v) is 7.68. The molecule has 0 bridgehead atoms. The maximum Gasteiger partial charge on any atom is 0.326 e. The minimum atomic E-state index is -3.18. The third-order valence-electron chi connectivity index (χ3n) is 4.20. The number of benzene rings is 1. The minimum absolute atomic E-state index is 0.00782. The van der Waals surface area contributed by atoms with Gasteiger partial charge in [-0.1, -0.05) is 19.4 Å². The molecule has 1 aromatic rings. The summed E-state index contributed by atoms with van der Waals surface area (Å²) in [6.07, 6.45) is -2.30. The summed E-state index contributed by atoms with van der Waals surface area (Å²) in [7, 11) is 2.69. The van der Waals surface area contributed by atoms with Crippen LogP contribution in [0, 0.1) is 5.41 Å². The molecule has 1 aliphatic carbocycles. The number of carbonyl (C=O) groups is 2. The molecule has 132 valence electrons. The topological polar surface area (TPSA) is 61.8 Å². The first-order chi connectivity index (χ1) is 11.4. The molecule has 2 rings (SSSR count). The molecule has 1 aromatic carbocycles. The SMILES string of the molecule is CCCCOC(=O)C1(C(F)F)Cc2ccc(OC)c(OC)c2C1=O. The normalized spacial score (nSPS) is 19.3. The van der Waals surface area contributed by atoms with Crippen LogP contribution in [0.3, 0.4) is 0 Å². The van der Waals surface area contributed by atoms with E-state index in [1.807, 2.05) is 6.92 Å². The van der Waals surface area contributed by atoms with E-state index in [2.05, 4.69) is 0 Å². The zero-order valence-corrected chi connectivity index (χ0v) is 13.9. The summed E-state index contributed by atoms with van der Waals surface area (Å²) >= 11 is 0. The number of methoxy groups -OCH3 is 2. The maximum absolute atomic E-state index is 13.8. The number of hydrogen-bond donors (Lipinski definition) is 0. The monoisotopic (exact) mass is 342 g/mol. The fourth-order valence-corrected chi connectivity index (χ4v) is 2.84. The largest absolute Gasteiger partial charge is 0.493 e. The quantitative estimate of drug-likeness (QED) is 0.433. The van der Waals surface area contributed by atoms with E-state index in [4.69, 9.17) is 14.2 Å². The minimum Gasteiger partial charge on any atom is -0.493 e. The first-order valence-electron chi connectivity index (χ1n) is 7.68. The Morgan fingerprint density at radius 3 is 2.54 bits per heavy atom. The van der Waals surface area contributed by atoms with Gasteiger partial charge in [0, 0.05) is 6.42 Å². The summed E-state index contributed by atoms with van der Waals surface area (Å²) in [5.41, 5.74) is -2.23. The number of Topliss-reactive ketones (excluding diaryl/α,β-unsaturated/α-hetero) is 1. The van der Waals surface area contributed by atoms with Crippen LogP contribution in [0.25, 0.3) is 0 Å². The lowest BCUT2D eigenvalue weighted by Crippen LogP contribution is -2.45. The van der Waals surface area contributed by atoms with Crippen molar-refractivity contribution in [2.75, 3.05) is 20.8 Å². The summed E-state index contributed by atoms with van der Waals surface area (Å²) in [6, 6.07) is 3.02. The molecule has 0 radical (unpaired) electrons. The van der Waals surface area contributed by atoms with Gasteiger partial charge in [0.1, 0.15) is 0 Å². The van der Waals surface area contributed by atoms with E-state index >= 15 is 0 Å². The predicted molar refractivity (Wildman–Crippen MR) is 81.9 cm³/mol. The van der Waals surface area contributed by atoms with Crippen LogP contribution < -0.4 is 9.47 Å². The van der Waals surface area contributed by atoms with Gasteiger partial charge in [-0.2, -0.15) is 0 Å². The smallest absolute Gasteiger partial charge is 0.326 e. The van der Waals surface area contributed by atoms with Crippen LogP contribution in [0.4, 0.5) is 8.78 Å². The van der Waals surface area contributed by atoms with Gasteiger partial charge in [0.2, 0.25) is 0 Å². The maximum atomic E-state index is 13.8. The predicted octanol–water partition coefficient (Wildman–Crippen LogP) is 3.04. The highest BCUT2D eigenvalue weighted by Gasteiger charge is 2.60. The molecular formula is C17H20F2O5. The third-order valence-corrected chi connectivity index (χ3v) is 4.20. The molecule has 0 aliphatic heterocycles. The van der Waals surface area contributed by atoms with E-state index in [1.54, 1.807) is 0 Å². The van der Waals surface area contributed by atoms with Crippen LogP contribution in [-0.4, -0.2) is 39.0 Å². The Morgan fingerprint density at radius 1 is 1.29 bits per heavy atom. The number of fused-ring (bicyclic) bond motifs is 1. The zero-order valence-electron chi connectivity index (χ0n) is 13.9. The number of alkyl halides is 2. The molecule has 5 nitrogen and oxygen atoms in total. The van der Waals surface area contributed by atoms with E-state index in [0.717, 1.165) is 6.42 Å². The van der Waals surface area contributed by atoms with Gasteiger partial charge < -0.3 is 14.2 Å². The van der Waals surface area contributed by atoms with Gasteiger partial charge in [-0.3, -0.25) is 9.59 Å². The number of ketones is 1. The van der Waals surface area contributed by atoms with Crippen molar-refractivity contribution in [2.45, 2.75) is 32.6 Å². The van der Waals surface area contributed by atoms with Crippen molar-refractivity contribution in [3.8, 4) is 11.5 Å². The average Bonchev–Trinajstić information content (AvgIpc) is 2.88. The van der Waals surface area contributed by atoms with E-state index in [0.29, 0.717) is 12.0 Å². The molecule has 0 N–H and O–H groups in total. The Morgan fingerprint density at radius 2 is 2.00 bits per heavy atom. The van der Waals surface area contributed by atoms with Crippen LogP contribution in [-0.2, 0) is 16.0 Å². The second-order valence-electron chi connectivity index (χ2n) is 5.60. The van der Waals surface area contributed by atoms with Crippen molar-refractivity contribution in [2.24, 2.45) is 5.41 Å². The highest BCUT2D eigenvalue weighted by Crippen LogP contribution is 2.48. The molecule has 24 heavy (non-hydrogen) atoms. The lowest BCUT2D eigenvalue weighted by molar-refractivity contribution is -0.160. The molecular weight excluding hydrogens is 322 g/mol. The van der Waals surface area contributed by atoms with Gasteiger partial charge >= 0.3 is 5.97 Å². The number of esters is 1. The molecule has 0 spiro atoms. The van der Waals surface area contributed by atoms with E-state index in [1.165, 1.54) is 26.4 Å². The van der Waals surface area contributed by atoms with Crippen molar-refractivity contribution < 1.29 is 32.6 Å². The summed E-state index contributed by atoms with van der Waals surface area (Å²) in [5, 5.41) is 0. The number of unbranched alkanes of at least 4 members (excludes halogenated alkanes) is 1. The number of hydrogen-bond acceptors (Lipinski definition) is 5. The zero-order chi connectivity index (χ0) is 17.9. The second-order valence-corrected chi connectivity index (χ2v) is 5.60. The summed E-state index contributed by atoms with van der Waals surface area (Å²) in [4.78, 5) is 25.1. The van der Waals surface area contributed by atoms with Gasteiger partial charge in [0.25, 0.3) is 6.43 Å². The van der Waals surface area contributed by atoms with Gasteiger partial charge in [-0.25, -0.2) is 8.78 Å². The second kappa shape index (κ2) is 7.15. The molecule has 7 heteroatoms. The first kappa shape index (κ1) is 18.2.